The molecule has 0 unspecified atom stereocenters. The minimum atomic E-state index is -3.61. The summed E-state index contributed by atoms with van der Waals surface area (Å²) in [7, 11) is -1.97. The fourth-order valence-electron chi connectivity index (χ4n) is 2.12. The monoisotopic (exact) mass is 321 g/mol. The number of hydrogen-bond donors (Lipinski definition) is 0. The van der Waals surface area contributed by atoms with Gasteiger partial charge in [0.2, 0.25) is 10.0 Å². The van der Waals surface area contributed by atoms with Crippen molar-refractivity contribution in [3.8, 4) is 0 Å². The Kier molecular flexibility index (Phi) is 5.63. The van der Waals surface area contributed by atoms with Crippen LogP contribution in [-0.4, -0.2) is 35.6 Å². The largest absolute Gasteiger partial charge is 0.255 e. The Hall–Kier alpha value is -0.590. The van der Waals surface area contributed by atoms with E-state index in [1.54, 1.807) is 14.0 Å². The minimum absolute atomic E-state index is 0.128. The molecule has 5 nitrogen and oxygen atoms in total. The van der Waals surface area contributed by atoms with Crippen LogP contribution in [0.2, 0.25) is 5.15 Å². The van der Waals surface area contributed by atoms with E-state index in [0.717, 1.165) is 0 Å². The Balaban J connectivity index is 3.28. The second-order valence-corrected chi connectivity index (χ2v) is 8.17. The molecular formula is C13H24ClN3O2S. The molecule has 1 rings (SSSR count). The van der Waals surface area contributed by atoms with Crippen LogP contribution < -0.4 is 0 Å². The van der Waals surface area contributed by atoms with Crippen LogP contribution in [0.3, 0.4) is 0 Å². The molecule has 0 bridgehead atoms. The molecule has 116 valence electrons. The van der Waals surface area contributed by atoms with Crippen LogP contribution in [0.25, 0.3) is 0 Å². The first kappa shape index (κ1) is 17.5. The lowest BCUT2D eigenvalue weighted by atomic mass is 10.2. The van der Waals surface area contributed by atoms with E-state index in [9.17, 15) is 8.42 Å². The molecule has 20 heavy (non-hydrogen) atoms. The van der Waals surface area contributed by atoms with Crippen LogP contribution in [0, 0.1) is 18.8 Å². The molecule has 0 fully saturated rings. The number of nitrogens with zero attached hydrogens (tertiary/aromatic N) is 3. The summed E-state index contributed by atoms with van der Waals surface area (Å²) in [5.41, 5.74) is 0.440. The molecule has 7 heteroatoms. The van der Waals surface area contributed by atoms with Crippen LogP contribution in [0.1, 0.15) is 33.4 Å². The number of rotatable bonds is 6. The van der Waals surface area contributed by atoms with E-state index in [1.165, 1.54) is 8.99 Å². The van der Waals surface area contributed by atoms with Gasteiger partial charge >= 0.3 is 0 Å². The molecule has 0 aliphatic rings. The summed E-state index contributed by atoms with van der Waals surface area (Å²) < 4.78 is 28.6. The quantitative estimate of drug-likeness (QED) is 0.809. The van der Waals surface area contributed by atoms with Gasteiger partial charge in [0.15, 0.2) is 0 Å². The normalized spacial score (nSPS) is 12.9. The standard InChI is InChI=1S/C13H24ClN3O2S/c1-9(2)7-17(8-10(3)4)20(18,19)12-11(5)15-16(6)13(12)14/h9-10H,7-8H2,1-6H3. The molecule has 0 aliphatic heterocycles. The Morgan fingerprint density at radius 2 is 1.65 bits per heavy atom. The summed E-state index contributed by atoms with van der Waals surface area (Å²) in [6.07, 6.45) is 0. The molecule has 1 aromatic rings. The topological polar surface area (TPSA) is 55.2 Å². The van der Waals surface area contributed by atoms with Crippen molar-refractivity contribution in [1.29, 1.82) is 0 Å². The number of halogens is 1. The molecule has 0 spiro atoms. The lowest BCUT2D eigenvalue weighted by Crippen LogP contribution is -2.37. The van der Waals surface area contributed by atoms with Crippen LogP contribution >= 0.6 is 11.6 Å². The SMILES string of the molecule is Cc1nn(C)c(Cl)c1S(=O)(=O)N(CC(C)C)CC(C)C. The maximum atomic E-state index is 12.8. The van der Waals surface area contributed by atoms with Crippen molar-refractivity contribution in [3.63, 3.8) is 0 Å². The second-order valence-electron chi connectivity index (χ2n) is 5.94. The molecule has 0 aromatic carbocycles. The van der Waals surface area contributed by atoms with E-state index in [-0.39, 0.29) is 21.9 Å². The van der Waals surface area contributed by atoms with Crippen molar-refractivity contribution in [3.05, 3.63) is 10.8 Å². The number of aryl methyl sites for hydroxylation is 2. The Morgan fingerprint density at radius 3 is 1.95 bits per heavy atom. The number of aromatic nitrogens is 2. The van der Waals surface area contributed by atoms with Crippen molar-refractivity contribution < 1.29 is 8.42 Å². The summed E-state index contributed by atoms with van der Waals surface area (Å²) in [5.74, 6) is 0.499. The van der Waals surface area contributed by atoms with Crippen molar-refractivity contribution in [2.75, 3.05) is 13.1 Å². The van der Waals surface area contributed by atoms with Gasteiger partial charge in [-0.3, -0.25) is 4.68 Å². The van der Waals surface area contributed by atoms with E-state index >= 15 is 0 Å². The van der Waals surface area contributed by atoms with Crippen molar-refractivity contribution in [2.45, 2.75) is 39.5 Å². The fraction of sp³-hybridized carbons (Fsp3) is 0.769. The number of sulfonamides is 1. The van der Waals surface area contributed by atoms with Gasteiger partial charge in [-0.2, -0.15) is 9.40 Å². The summed E-state index contributed by atoms with van der Waals surface area (Å²) >= 11 is 6.11. The highest BCUT2D eigenvalue weighted by Crippen LogP contribution is 2.28. The van der Waals surface area contributed by atoms with Gasteiger partial charge in [0.05, 0.1) is 5.69 Å². The van der Waals surface area contributed by atoms with Gasteiger partial charge in [-0.05, 0) is 18.8 Å². The predicted octanol–water partition coefficient (Wildman–Crippen LogP) is 2.68. The molecule has 0 radical (unpaired) electrons. The third-order valence-corrected chi connectivity index (χ3v) is 5.36. The molecule has 0 amide bonds. The van der Waals surface area contributed by atoms with E-state index in [0.29, 0.717) is 18.8 Å². The third-order valence-electron chi connectivity index (χ3n) is 2.84. The predicted molar refractivity (Wildman–Crippen MR) is 81.4 cm³/mol. The maximum absolute atomic E-state index is 12.8. The second kappa shape index (κ2) is 6.45. The van der Waals surface area contributed by atoms with Gasteiger partial charge in [-0.1, -0.05) is 39.3 Å². The van der Waals surface area contributed by atoms with Crippen molar-refractivity contribution in [1.82, 2.24) is 14.1 Å². The van der Waals surface area contributed by atoms with Crippen LogP contribution in [0.5, 0.6) is 0 Å². The molecule has 0 N–H and O–H groups in total. The number of hydrogen-bond acceptors (Lipinski definition) is 3. The minimum Gasteiger partial charge on any atom is -0.255 e. The maximum Gasteiger partial charge on any atom is 0.248 e. The molecule has 0 atom stereocenters. The zero-order valence-electron chi connectivity index (χ0n) is 13.0. The lowest BCUT2D eigenvalue weighted by molar-refractivity contribution is 0.333. The molecule has 0 saturated heterocycles. The summed E-state index contributed by atoms with van der Waals surface area (Å²) in [5, 5.41) is 4.26. The highest BCUT2D eigenvalue weighted by atomic mass is 35.5. The Bertz CT molecular complexity index is 554. The first-order chi connectivity index (χ1) is 9.07. The first-order valence-corrected chi connectivity index (χ1v) is 8.58. The Morgan fingerprint density at radius 1 is 1.20 bits per heavy atom. The summed E-state index contributed by atoms with van der Waals surface area (Å²) in [4.78, 5) is 0.128. The van der Waals surface area contributed by atoms with Gasteiger partial charge < -0.3 is 0 Å². The Labute approximate surface area is 127 Å². The molecule has 1 aromatic heterocycles. The molecule has 0 saturated carbocycles. The van der Waals surface area contributed by atoms with Crippen molar-refractivity contribution in [2.24, 2.45) is 18.9 Å². The summed E-state index contributed by atoms with van der Waals surface area (Å²) in [6.45, 7) is 10.6. The highest BCUT2D eigenvalue weighted by Gasteiger charge is 2.32. The fourth-order valence-corrected chi connectivity index (χ4v) is 4.59. The lowest BCUT2D eigenvalue weighted by Gasteiger charge is -2.25. The smallest absolute Gasteiger partial charge is 0.248 e. The molecule has 1 heterocycles. The van der Waals surface area contributed by atoms with Gasteiger partial charge in [0, 0.05) is 20.1 Å². The average molecular weight is 322 g/mol. The zero-order valence-corrected chi connectivity index (χ0v) is 14.6. The third kappa shape index (κ3) is 3.74. The summed E-state index contributed by atoms with van der Waals surface area (Å²) in [6, 6.07) is 0. The molecular weight excluding hydrogens is 298 g/mol. The first-order valence-electron chi connectivity index (χ1n) is 6.76. The van der Waals surface area contributed by atoms with E-state index < -0.39 is 10.0 Å². The molecule has 0 aliphatic carbocycles. The van der Waals surface area contributed by atoms with Crippen LogP contribution in [0.15, 0.2) is 4.90 Å². The van der Waals surface area contributed by atoms with E-state index in [2.05, 4.69) is 5.10 Å². The van der Waals surface area contributed by atoms with Gasteiger partial charge in [-0.25, -0.2) is 8.42 Å². The van der Waals surface area contributed by atoms with Gasteiger partial charge in [-0.15, -0.1) is 0 Å². The highest BCUT2D eigenvalue weighted by molar-refractivity contribution is 7.89. The van der Waals surface area contributed by atoms with Crippen molar-refractivity contribution >= 4 is 21.6 Å². The van der Waals surface area contributed by atoms with E-state index in [1.807, 2.05) is 27.7 Å². The zero-order chi connectivity index (χ0) is 15.7. The van der Waals surface area contributed by atoms with Crippen LogP contribution in [0.4, 0.5) is 0 Å². The van der Waals surface area contributed by atoms with Gasteiger partial charge in [0.1, 0.15) is 10.0 Å². The average Bonchev–Trinajstić information content (AvgIpc) is 2.50. The van der Waals surface area contributed by atoms with E-state index in [4.69, 9.17) is 11.6 Å². The van der Waals surface area contributed by atoms with Gasteiger partial charge in [0.25, 0.3) is 0 Å². The van der Waals surface area contributed by atoms with Crippen LogP contribution in [-0.2, 0) is 17.1 Å².